The SMILES string of the molecule is C[C@@H]1CN(CC(=O)N2CC(C)(C)c3c2cc(C(F)(F)CC2CC2)c2ncnn32)[C@@H](CN2CCOC[C@H]2C)CN1. The quantitative estimate of drug-likeness (QED) is 0.573. The number of pyridine rings is 1. The molecule has 0 bridgehead atoms. The number of alkyl halides is 2. The Kier molecular flexibility index (Phi) is 6.92. The summed E-state index contributed by atoms with van der Waals surface area (Å²) < 4.78 is 38.3. The number of halogens is 2. The molecule has 5 heterocycles. The lowest BCUT2D eigenvalue weighted by Gasteiger charge is -2.43. The van der Waals surface area contributed by atoms with Gasteiger partial charge in [0, 0.05) is 62.7 Å². The monoisotopic (exact) mass is 545 g/mol. The van der Waals surface area contributed by atoms with Crippen LogP contribution in [0, 0.1) is 5.92 Å². The highest BCUT2D eigenvalue weighted by atomic mass is 19.3. The standard InChI is InChI=1S/C28H41F2N7O2/c1-18-12-35(21(11-31-18)13-34-7-8-39-15-19(34)2)14-24(38)36-16-27(3,4)25-23(36)9-22(26-32-17-33-37(25)26)28(29,30)10-20-5-6-20/h9,17-21,31H,5-8,10-16H2,1-4H3/t18-,19-,21-/m1/s1. The molecule has 2 aromatic heterocycles. The van der Waals surface area contributed by atoms with Gasteiger partial charge in [0.15, 0.2) is 5.65 Å². The number of anilines is 1. The third-order valence-corrected chi connectivity index (χ3v) is 8.96. The molecule has 11 heteroatoms. The minimum Gasteiger partial charge on any atom is -0.379 e. The molecule has 39 heavy (non-hydrogen) atoms. The Bertz CT molecular complexity index is 1230. The number of hydrogen-bond donors (Lipinski definition) is 1. The Hall–Kier alpha value is -2.21. The van der Waals surface area contributed by atoms with Crippen LogP contribution in [0.1, 0.15) is 58.2 Å². The molecule has 0 spiro atoms. The van der Waals surface area contributed by atoms with Crippen molar-refractivity contribution in [3.63, 3.8) is 0 Å². The Morgan fingerprint density at radius 2 is 2.05 bits per heavy atom. The van der Waals surface area contributed by atoms with Crippen molar-refractivity contribution >= 4 is 17.2 Å². The highest BCUT2D eigenvalue weighted by Crippen LogP contribution is 2.48. The van der Waals surface area contributed by atoms with Crippen LogP contribution in [0.3, 0.4) is 0 Å². The summed E-state index contributed by atoms with van der Waals surface area (Å²) in [6, 6.07) is 2.31. The maximum atomic E-state index is 15.6. The molecule has 1 saturated carbocycles. The topological polar surface area (TPSA) is 78.2 Å². The summed E-state index contributed by atoms with van der Waals surface area (Å²) in [5, 5.41) is 7.93. The van der Waals surface area contributed by atoms with Crippen molar-refractivity contribution in [1.82, 2.24) is 29.7 Å². The van der Waals surface area contributed by atoms with E-state index in [1.165, 1.54) is 12.4 Å². The molecule has 2 aromatic rings. The molecule has 2 saturated heterocycles. The first-order valence-corrected chi connectivity index (χ1v) is 14.4. The molecule has 1 aliphatic carbocycles. The largest absolute Gasteiger partial charge is 0.379 e. The summed E-state index contributed by atoms with van der Waals surface area (Å²) in [5.74, 6) is -3.04. The van der Waals surface area contributed by atoms with E-state index >= 15 is 8.78 Å². The van der Waals surface area contributed by atoms with E-state index in [2.05, 4.69) is 39.0 Å². The molecule has 0 unspecified atom stereocenters. The summed E-state index contributed by atoms with van der Waals surface area (Å²) in [6.07, 6.45) is 2.83. The second-order valence-electron chi connectivity index (χ2n) is 12.8. The van der Waals surface area contributed by atoms with Crippen LogP contribution in [0.4, 0.5) is 14.5 Å². The smallest absolute Gasteiger partial charge is 0.277 e. The lowest BCUT2D eigenvalue weighted by atomic mass is 9.90. The first kappa shape index (κ1) is 27.0. The minimum atomic E-state index is -3.03. The first-order chi connectivity index (χ1) is 18.5. The van der Waals surface area contributed by atoms with E-state index in [0.29, 0.717) is 18.3 Å². The molecule has 0 aromatic carbocycles. The molecule has 0 radical (unpaired) electrons. The molecule has 6 rings (SSSR count). The Morgan fingerprint density at radius 3 is 2.79 bits per heavy atom. The number of fused-ring (bicyclic) bond motifs is 3. The Balaban J connectivity index is 1.29. The third-order valence-electron chi connectivity index (χ3n) is 8.96. The summed E-state index contributed by atoms with van der Waals surface area (Å²) in [5.41, 5.74) is 0.908. The van der Waals surface area contributed by atoms with Crippen LogP contribution in [-0.2, 0) is 20.9 Å². The lowest BCUT2D eigenvalue weighted by molar-refractivity contribution is -0.121. The summed E-state index contributed by atoms with van der Waals surface area (Å²) >= 11 is 0. The lowest BCUT2D eigenvalue weighted by Crippen LogP contribution is -2.62. The van der Waals surface area contributed by atoms with Crippen molar-refractivity contribution in [3.8, 4) is 0 Å². The van der Waals surface area contributed by atoms with Crippen molar-refractivity contribution < 1.29 is 18.3 Å². The number of morpholine rings is 1. The number of piperazine rings is 1. The van der Waals surface area contributed by atoms with Gasteiger partial charge in [-0.2, -0.15) is 5.10 Å². The highest BCUT2D eigenvalue weighted by molar-refractivity contribution is 5.97. The zero-order valence-corrected chi connectivity index (χ0v) is 23.5. The number of nitrogens with one attached hydrogen (secondary N) is 1. The van der Waals surface area contributed by atoms with Gasteiger partial charge in [0.05, 0.1) is 36.7 Å². The number of carbonyl (C=O) groups excluding carboxylic acids is 1. The normalized spacial score (nSPS) is 28.3. The average molecular weight is 546 g/mol. The molecule has 9 nitrogen and oxygen atoms in total. The van der Waals surface area contributed by atoms with E-state index in [1.807, 2.05) is 13.8 Å². The van der Waals surface area contributed by atoms with Gasteiger partial charge in [-0.25, -0.2) is 18.3 Å². The van der Waals surface area contributed by atoms with Crippen LogP contribution in [-0.4, -0.2) is 101 Å². The van der Waals surface area contributed by atoms with Gasteiger partial charge in [0.25, 0.3) is 5.92 Å². The van der Waals surface area contributed by atoms with Crippen molar-refractivity contribution in [1.29, 1.82) is 0 Å². The van der Waals surface area contributed by atoms with Gasteiger partial charge in [0.1, 0.15) is 6.33 Å². The molecule has 4 aliphatic rings. The fraction of sp³-hybridized carbons (Fsp3) is 0.750. The van der Waals surface area contributed by atoms with Gasteiger partial charge in [-0.3, -0.25) is 14.6 Å². The molecule has 3 aliphatic heterocycles. The highest BCUT2D eigenvalue weighted by Gasteiger charge is 2.46. The van der Waals surface area contributed by atoms with Crippen molar-refractivity contribution in [2.24, 2.45) is 5.92 Å². The summed E-state index contributed by atoms with van der Waals surface area (Å²) in [7, 11) is 0. The fourth-order valence-electron chi connectivity index (χ4n) is 6.62. The van der Waals surface area contributed by atoms with E-state index in [1.54, 1.807) is 9.42 Å². The number of ether oxygens (including phenoxy) is 1. The minimum absolute atomic E-state index is 0.0474. The van der Waals surface area contributed by atoms with E-state index in [9.17, 15) is 4.79 Å². The van der Waals surface area contributed by atoms with Crippen LogP contribution < -0.4 is 10.2 Å². The predicted molar refractivity (Wildman–Crippen MR) is 144 cm³/mol. The van der Waals surface area contributed by atoms with E-state index in [-0.39, 0.29) is 48.1 Å². The number of rotatable bonds is 7. The summed E-state index contributed by atoms with van der Waals surface area (Å²) in [6.45, 7) is 13.8. The Labute approximate surface area is 228 Å². The van der Waals surface area contributed by atoms with Crippen molar-refractivity contribution in [3.05, 3.63) is 23.7 Å². The first-order valence-electron chi connectivity index (χ1n) is 14.4. The van der Waals surface area contributed by atoms with Gasteiger partial charge >= 0.3 is 0 Å². The third kappa shape index (κ3) is 5.18. The number of amides is 1. The number of aromatic nitrogens is 3. The van der Waals surface area contributed by atoms with Gasteiger partial charge in [-0.05, 0) is 38.7 Å². The number of carbonyl (C=O) groups is 1. The van der Waals surface area contributed by atoms with Crippen molar-refractivity contribution in [2.45, 2.75) is 76.4 Å². The zero-order valence-electron chi connectivity index (χ0n) is 23.5. The fourth-order valence-corrected chi connectivity index (χ4v) is 6.62. The van der Waals surface area contributed by atoms with Crippen LogP contribution in [0.5, 0.6) is 0 Å². The predicted octanol–water partition coefficient (Wildman–Crippen LogP) is 2.63. The second kappa shape index (κ2) is 10.0. The van der Waals surface area contributed by atoms with Crippen LogP contribution in [0.25, 0.3) is 5.65 Å². The van der Waals surface area contributed by atoms with Gasteiger partial charge < -0.3 is 15.0 Å². The van der Waals surface area contributed by atoms with Crippen LogP contribution >= 0.6 is 0 Å². The molecule has 1 N–H and O–H groups in total. The van der Waals surface area contributed by atoms with Crippen molar-refractivity contribution in [2.75, 3.05) is 57.4 Å². The average Bonchev–Trinajstić information content (AvgIpc) is 3.45. The van der Waals surface area contributed by atoms with Gasteiger partial charge in [-0.1, -0.05) is 13.8 Å². The second-order valence-corrected chi connectivity index (χ2v) is 12.8. The van der Waals surface area contributed by atoms with Gasteiger partial charge in [-0.15, -0.1) is 0 Å². The number of hydrogen-bond acceptors (Lipinski definition) is 7. The van der Waals surface area contributed by atoms with Gasteiger partial charge in [0.2, 0.25) is 5.91 Å². The molecular formula is C28H41F2N7O2. The number of nitrogens with zero attached hydrogens (tertiary/aromatic N) is 6. The van der Waals surface area contributed by atoms with E-state index in [0.717, 1.165) is 57.9 Å². The van der Waals surface area contributed by atoms with E-state index < -0.39 is 11.3 Å². The zero-order chi connectivity index (χ0) is 27.5. The molecule has 3 fully saturated rings. The molecule has 1 amide bonds. The molecular weight excluding hydrogens is 504 g/mol. The Morgan fingerprint density at radius 1 is 1.26 bits per heavy atom. The maximum Gasteiger partial charge on any atom is 0.277 e. The summed E-state index contributed by atoms with van der Waals surface area (Å²) in [4.78, 5) is 24.7. The molecule has 214 valence electrons. The molecule has 3 atom stereocenters. The van der Waals surface area contributed by atoms with E-state index in [4.69, 9.17) is 4.74 Å². The maximum absolute atomic E-state index is 15.6. The van der Waals surface area contributed by atoms with Crippen LogP contribution in [0.2, 0.25) is 0 Å². The van der Waals surface area contributed by atoms with Crippen LogP contribution in [0.15, 0.2) is 12.4 Å².